The zero-order chi connectivity index (χ0) is 23.2. The quantitative estimate of drug-likeness (QED) is 0.703. The lowest BCUT2D eigenvalue weighted by Crippen LogP contribution is -2.37. The van der Waals surface area contributed by atoms with Crippen molar-refractivity contribution in [1.29, 1.82) is 0 Å². The van der Waals surface area contributed by atoms with Gasteiger partial charge in [-0.25, -0.2) is 0 Å². The second kappa shape index (κ2) is 10.5. The van der Waals surface area contributed by atoms with Crippen LogP contribution < -0.4 is 10.6 Å². The molecule has 3 amide bonds. The number of anilines is 2. The van der Waals surface area contributed by atoms with Crippen LogP contribution in [0.1, 0.15) is 53.3 Å². The molecule has 0 atom stereocenters. The van der Waals surface area contributed by atoms with Crippen LogP contribution in [0.25, 0.3) is 0 Å². The van der Waals surface area contributed by atoms with Crippen LogP contribution in [0.4, 0.5) is 11.4 Å². The number of benzene rings is 2. The van der Waals surface area contributed by atoms with Gasteiger partial charge < -0.3 is 20.4 Å². The number of rotatable bonds is 6. The predicted octanol–water partition coefficient (Wildman–Crippen LogP) is 3.85. The molecule has 0 unspecified atom stereocenters. The van der Waals surface area contributed by atoms with Crippen LogP contribution in [-0.4, -0.2) is 60.2 Å². The Hall–Kier alpha value is -3.35. The molecule has 7 heteroatoms. The van der Waals surface area contributed by atoms with Gasteiger partial charge in [0, 0.05) is 48.7 Å². The third-order valence-corrected chi connectivity index (χ3v) is 6.42. The molecular formula is C26H32N4O3. The summed E-state index contributed by atoms with van der Waals surface area (Å²) >= 11 is 0. The van der Waals surface area contributed by atoms with Crippen LogP contribution in [-0.2, 0) is 4.79 Å². The average Bonchev–Trinajstić information content (AvgIpc) is 3.38. The third kappa shape index (κ3) is 5.92. The molecule has 7 nitrogen and oxygen atoms in total. The lowest BCUT2D eigenvalue weighted by Gasteiger charge is -2.30. The topological polar surface area (TPSA) is 81.8 Å². The summed E-state index contributed by atoms with van der Waals surface area (Å²) in [5, 5.41) is 5.94. The Balaban J connectivity index is 1.31. The van der Waals surface area contributed by atoms with E-state index in [0.29, 0.717) is 22.7 Å². The number of nitrogens with zero attached hydrogens (tertiary/aromatic N) is 2. The molecule has 0 radical (unpaired) electrons. The summed E-state index contributed by atoms with van der Waals surface area (Å²) < 4.78 is 0. The molecule has 0 bridgehead atoms. The van der Waals surface area contributed by atoms with E-state index in [1.54, 1.807) is 36.4 Å². The minimum atomic E-state index is -0.220. The summed E-state index contributed by atoms with van der Waals surface area (Å²) in [4.78, 5) is 41.6. The molecule has 0 aliphatic carbocycles. The number of nitrogens with one attached hydrogen (secondary N) is 2. The number of amides is 3. The Kier molecular flexibility index (Phi) is 7.27. The molecule has 4 rings (SSSR count). The highest BCUT2D eigenvalue weighted by atomic mass is 16.2. The molecule has 33 heavy (non-hydrogen) atoms. The van der Waals surface area contributed by atoms with Crippen molar-refractivity contribution in [3.8, 4) is 0 Å². The van der Waals surface area contributed by atoms with Crippen molar-refractivity contribution < 1.29 is 14.4 Å². The van der Waals surface area contributed by atoms with Gasteiger partial charge >= 0.3 is 0 Å². The van der Waals surface area contributed by atoms with Gasteiger partial charge in [-0.2, -0.15) is 0 Å². The standard InChI is InChI=1S/C26H32N4O3/c1-19-10-14-30(15-11-19)26(33)21-7-5-9-23(17-21)28-24(31)18-27-22-8-4-6-20(16-22)25(32)29-12-2-3-13-29/h4-9,16-17,19,27H,2-3,10-15,18H2,1H3,(H,28,31). The highest BCUT2D eigenvalue weighted by Crippen LogP contribution is 2.20. The lowest BCUT2D eigenvalue weighted by atomic mass is 9.98. The van der Waals surface area contributed by atoms with Crippen LogP contribution >= 0.6 is 0 Å². The molecule has 2 fully saturated rings. The summed E-state index contributed by atoms with van der Waals surface area (Å²) in [6, 6.07) is 14.3. The first-order chi connectivity index (χ1) is 16.0. The minimum absolute atomic E-state index is 0.00982. The molecule has 174 valence electrons. The first kappa shape index (κ1) is 22.8. The Morgan fingerprint density at radius 1 is 0.818 bits per heavy atom. The van der Waals surface area contributed by atoms with E-state index in [9.17, 15) is 14.4 Å². The average molecular weight is 449 g/mol. The highest BCUT2D eigenvalue weighted by molar-refractivity contribution is 5.98. The SMILES string of the molecule is CC1CCN(C(=O)c2cccc(NC(=O)CNc3cccc(C(=O)N4CCCC4)c3)c2)CC1. The second-order valence-corrected chi connectivity index (χ2v) is 9.04. The van der Waals surface area contributed by atoms with Crippen LogP contribution in [0.5, 0.6) is 0 Å². The van der Waals surface area contributed by atoms with Crippen LogP contribution in [0.2, 0.25) is 0 Å². The van der Waals surface area contributed by atoms with E-state index < -0.39 is 0 Å². The molecule has 2 aliphatic rings. The van der Waals surface area contributed by atoms with E-state index in [0.717, 1.165) is 57.5 Å². The van der Waals surface area contributed by atoms with Gasteiger partial charge in [-0.1, -0.05) is 19.1 Å². The summed E-state index contributed by atoms with van der Waals surface area (Å²) in [7, 11) is 0. The highest BCUT2D eigenvalue weighted by Gasteiger charge is 2.22. The molecule has 0 spiro atoms. The van der Waals surface area contributed by atoms with Gasteiger partial charge in [0.2, 0.25) is 5.91 Å². The summed E-state index contributed by atoms with van der Waals surface area (Å²) in [6.07, 6.45) is 4.15. The molecule has 2 aromatic rings. The molecule has 2 saturated heterocycles. The van der Waals surface area contributed by atoms with E-state index in [1.807, 2.05) is 21.9 Å². The van der Waals surface area contributed by atoms with E-state index >= 15 is 0 Å². The van der Waals surface area contributed by atoms with Gasteiger partial charge in [-0.05, 0) is 68.0 Å². The van der Waals surface area contributed by atoms with Crippen LogP contribution in [0.15, 0.2) is 48.5 Å². The monoisotopic (exact) mass is 448 g/mol. The zero-order valence-corrected chi connectivity index (χ0v) is 19.2. The fourth-order valence-corrected chi connectivity index (χ4v) is 4.38. The molecule has 0 aromatic heterocycles. The first-order valence-electron chi connectivity index (χ1n) is 11.8. The Morgan fingerprint density at radius 2 is 1.36 bits per heavy atom. The number of piperidine rings is 1. The lowest BCUT2D eigenvalue weighted by molar-refractivity contribution is -0.114. The van der Waals surface area contributed by atoms with Gasteiger partial charge in [0.15, 0.2) is 0 Å². The molecule has 2 aliphatic heterocycles. The maximum absolute atomic E-state index is 12.8. The zero-order valence-electron chi connectivity index (χ0n) is 19.2. The van der Waals surface area contributed by atoms with Gasteiger partial charge in [0.1, 0.15) is 0 Å². The largest absolute Gasteiger partial charge is 0.376 e. The molecule has 0 saturated carbocycles. The third-order valence-electron chi connectivity index (χ3n) is 6.42. The van der Waals surface area contributed by atoms with Crippen molar-refractivity contribution in [3.05, 3.63) is 59.7 Å². The number of hydrogen-bond donors (Lipinski definition) is 2. The maximum Gasteiger partial charge on any atom is 0.253 e. The minimum Gasteiger partial charge on any atom is -0.376 e. The smallest absolute Gasteiger partial charge is 0.253 e. The van der Waals surface area contributed by atoms with Gasteiger partial charge in [-0.15, -0.1) is 0 Å². The van der Waals surface area contributed by atoms with Crippen molar-refractivity contribution in [2.45, 2.75) is 32.6 Å². The van der Waals surface area contributed by atoms with Crippen molar-refractivity contribution >= 4 is 29.1 Å². The van der Waals surface area contributed by atoms with Crippen molar-refractivity contribution in [2.75, 3.05) is 43.4 Å². The maximum atomic E-state index is 12.8. The fraction of sp³-hybridized carbons (Fsp3) is 0.423. The Labute approximate surface area is 195 Å². The normalized spacial score (nSPS) is 16.5. The van der Waals surface area contributed by atoms with Gasteiger partial charge in [-0.3, -0.25) is 14.4 Å². The fourth-order valence-electron chi connectivity index (χ4n) is 4.38. The van der Waals surface area contributed by atoms with Crippen molar-refractivity contribution in [1.82, 2.24) is 9.80 Å². The summed E-state index contributed by atoms with van der Waals surface area (Å²) in [6.45, 7) is 5.44. The second-order valence-electron chi connectivity index (χ2n) is 9.04. The van der Waals surface area contributed by atoms with E-state index in [2.05, 4.69) is 17.6 Å². The van der Waals surface area contributed by atoms with E-state index in [1.165, 1.54) is 0 Å². The van der Waals surface area contributed by atoms with Crippen molar-refractivity contribution in [2.24, 2.45) is 5.92 Å². The molecule has 2 aromatic carbocycles. The first-order valence-corrected chi connectivity index (χ1v) is 11.8. The Bertz CT molecular complexity index is 1010. The van der Waals surface area contributed by atoms with Gasteiger partial charge in [0.05, 0.1) is 6.54 Å². The van der Waals surface area contributed by atoms with E-state index in [-0.39, 0.29) is 24.3 Å². The number of likely N-dealkylation sites (tertiary alicyclic amines) is 2. The van der Waals surface area contributed by atoms with E-state index in [4.69, 9.17) is 0 Å². The number of carbonyl (C=O) groups is 3. The molecular weight excluding hydrogens is 416 g/mol. The summed E-state index contributed by atoms with van der Waals surface area (Å²) in [5.74, 6) is 0.481. The molecule has 2 heterocycles. The number of carbonyl (C=O) groups excluding carboxylic acids is 3. The van der Waals surface area contributed by atoms with Crippen LogP contribution in [0, 0.1) is 5.92 Å². The molecule has 2 N–H and O–H groups in total. The Morgan fingerprint density at radius 3 is 2.00 bits per heavy atom. The summed E-state index contributed by atoms with van der Waals surface area (Å²) in [5.41, 5.74) is 2.53. The van der Waals surface area contributed by atoms with Gasteiger partial charge in [0.25, 0.3) is 11.8 Å². The number of hydrogen-bond acceptors (Lipinski definition) is 4. The van der Waals surface area contributed by atoms with Crippen molar-refractivity contribution in [3.63, 3.8) is 0 Å². The van der Waals surface area contributed by atoms with Crippen LogP contribution in [0.3, 0.4) is 0 Å². The predicted molar refractivity (Wildman–Crippen MR) is 129 cm³/mol.